The molecule has 0 aliphatic heterocycles. The van der Waals surface area contributed by atoms with Gasteiger partial charge in [0.2, 0.25) is 0 Å². The van der Waals surface area contributed by atoms with Crippen molar-refractivity contribution in [3.8, 4) is 6.07 Å². The lowest BCUT2D eigenvalue weighted by Crippen LogP contribution is -2.15. The number of nitrogens with zero attached hydrogens (tertiary/aromatic N) is 2. The van der Waals surface area contributed by atoms with Crippen LogP contribution in [0.1, 0.15) is 38.9 Å². The van der Waals surface area contributed by atoms with Crippen LogP contribution in [0, 0.1) is 16.7 Å². The lowest BCUT2D eigenvalue weighted by Gasteiger charge is -2.14. The highest BCUT2D eigenvalue weighted by atomic mass is 16.5. The second kappa shape index (κ2) is 6.29. The Kier molecular flexibility index (Phi) is 5.00. The van der Waals surface area contributed by atoms with Crippen LogP contribution in [0.2, 0.25) is 0 Å². The topological polar surface area (TPSA) is 61.9 Å². The molecule has 1 N–H and O–H groups in total. The zero-order valence-electron chi connectivity index (χ0n) is 9.99. The molecule has 1 aromatic rings. The first-order chi connectivity index (χ1) is 7.64. The van der Waals surface area contributed by atoms with Gasteiger partial charge in [0.25, 0.3) is 0 Å². The van der Waals surface area contributed by atoms with Crippen LogP contribution in [-0.2, 0) is 6.54 Å². The van der Waals surface area contributed by atoms with Crippen LogP contribution in [0.25, 0.3) is 0 Å². The number of hydrogen-bond acceptors (Lipinski definition) is 4. The molecule has 0 amide bonds. The fourth-order valence-electron chi connectivity index (χ4n) is 1.42. The smallest absolute Gasteiger partial charge is 0.150 e. The number of hydrogen-bond donors (Lipinski definition) is 1. The second-order valence-corrected chi connectivity index (χ2v) is 4.61. The Hall–Kier alpha value is -1.34. The van der Waals surface area contributed by atoms with Crippen molar-refractivity contribution in [3.63, 3.8) is 0 Å². The molecule has 0 saturated carbocycles. The summed E-state index contributed by atoms with van der Waals surface area (Å²) in [6.07, 6.45) is 4.75. The fourth-order valence-corrected chi connectivity index (χ4v) is 1.42. The number of nitrogens with one attached hydrogen (secondary N) is 1. The molecule has 0 radical (unpaired) electrons. The van der Waals surface area contributed by atoms with Gasteiger partial charge in [0.05, 0.1) is 24.2 Å². The van der Waals surface area contributed by atoms with Gasteiger partial charge in [-0.1, -0.05) is 11.6 Å². The van der Waals surface area contributed by atoms with Crippen LogP contribution in [0.3, 0.4) is 0 Å². The third-order valence-electron chi connectivity index (χ3n) is 2.50. The molecule has 0 unspecified atom stereocenters. The Balaban J connectivity index is 1.99. The highest BCUT2D eigenvalue weighted by Gasteiger charge is 2.15. The first-order valence-corrected chi connectivity index (χ1v) is 5.65. The molecule has 0 spiro atoms. The molecule has 88 valence electrons. The molecule has 1 rings (SSSR count). The van der Waals surface area contributed by atoms with Crippen molar-refractivity contribution >= 4 is 0 Å². The largest absolute Gasteiger partial charge is 0.360 e. The van der Waals surface area contributed by atoms with Crippen LogP contribution in [-0.4, -0.2) is 11.7 Å². The van der Waals surface area contributed by atoms with E-state index in [4.69, 9.17) is 9.78 Å². The number of rotatable bonds is 7. The van der Waals surface area contributed by atoms with Crippen molar-refractivity contribution in [2.45, 2.75) is 39.7 Å². The molecule has 4 nitrogen and oxygen atoms in total. The summed E-state index contributed by atoms with van der Waals surface area (Å²) in [5.41, 5.74) is -0.190. The Labute approximate surface area is 96.6 Å². The molecule has 0 aliphatic rings. The van der Waals surface area contributed by atoms with Gasteiger partial charge in [-0.05, 0) is 33.2 Å². The highest BCUT2D eigenvalue weighted by Crippen LogP contribution is 2.21. The number of unbranched alkanes of at least 4 members (excludes halogenated alkanes) is 1. The maximum absolute atomic E-state index is 8.84. The summed E-state index contributed by atoms with van der Waals surface area (Å²) in [7, 11) is 0. The zero-order valence-corrected chi connectivity index (χ0v) is 9.99. The third-order valence-corrected chi connectivity index (χ3v) is 2.50. The van der Waals surface area contributed by atoms with E-state index >= 15 is 0 Å². The van der Waals surface area contributed by atoms with E-state index in [0.717, 1.165) is 38.1 Å². The van der Waals surface area contributed by atoms with Crippen LogP contribution in [0.5, 0.6) is 0 Å². The molecule has 0 saturated heterocycles. The third kappa shape index (κ3) is 4.94. The molecular weight excluding hydrogens is 202 g/mol. The molecule has 0 aromatic carbocycles. The molecule has 4 heteroatoms. The first-order valence-electron chi connectivity index (χ1n) is 5.65. The summed E-state index contributed by atoms with van der Waals surface area (Å²) in [6.45, 7) is 5.63. The normalized spacial score (nSPS) is 11.3. The average Bonchev–Trinajstić information content (AvgIpc) is 2.76. The monoisotopic (exact) mass is 221 g/mol. The summed E-state index contributed by atoms with van der Waals surface area (Å²) in [5.74, 6) is 0.859. The van der Waals surface area contributed by atoms with Crippen molar-refractivity contribution in [3.05, 3.63) is 18.0 Å². The van der Waals surface area contributed by atoms with Crippen LogP contribution in [0.15, 0.2) is 16.8 Å². The maximum Gasteiger partial charge on any atom is 0.150 e. The van der Waals surface area contributed by atoms with Gasteiger partial charge in [-0.25, -0.2) is 0 Å². The minimum atomic E-state index is -0.190. The minimum Gasteiger partial charge on any atom is -0.360 e. The molecule has 0 bridgehead atoms. The van der Waals surface area contributed by atoms with Gasteiger partial charge < -0.3 is 9.84 Å². The van der Waals surface area contributed by atoms with E-state index in [-0.39, 0.29) is 5.41 Å². The second-order valence-electron chi connectivity index (χ2n) is 4.61. The van der Waals surface area contributed by atoms with Crippen LogP contribution in [0.4, 0.5) is 0 Å². The van der Waals surface area contributed by atoms with Crippen LogP contribution < -0.4 is 5.32 Å². The van der Waals surface area contributed by atoms with Crippen LogP contribution >= 0.6 is 0 Å². The van der Waals surface area contributed by atoms with Gasteiger partial charge in [-0.15, -0.1) is 0 Å². The molecule has 0 aliphatic carbocycles. The Morgan fingerprint density at radius 2 is 2.31 bits per heavy atom. The van der Waals surface area contributed by atoms with Gasteiger partial charge >= 0.3 is 0 Å². The average molecular weight is 221 g/mol. The lowest BCUT2D eigenvalue weighted by atomic mass is 9.89. The van der Waals surface area contributed by atoms with Gasteiger partial charge in [0.15, 0.2) is 0 Å². The minimum absolute atomic E-state index is 0.190. The summed E-state index contributed by atoms with van der Waals surface area (Å²) < 4.78 is 4.96. The maximum atomic E-state index is 8.84. The quantitative estimate of drug-likeness (QED) is 0.718. The van der Waals surface area contributed by atoms with Crippen molar-refractivity contribution in [2.75, 3.05) is 6.54 Å². The molecule has 0 fully saturated rings. The molecule has 16 heavy (non-hydrogen) atoms. The molecule has 0 atom stereocenters. The Bertz CT molecular complexity index is 325. The predicted octanol–water partition coefficient (Wildman–Crippen LogP) is 2.48. The van der Waals surface area contributed by atoms with Crippen molar-refractivity contribution in [2.24, 2.45) is 5.41 Å². The highest BCUT2D eigenvalue weighted by molar-refractivity contribution is 4.92. The molecule has 1 heterocycles. The van der Waals surface area contributed by atoms with Crippen molar-refractivity contribution < 1.29 is 4.52 Å². The zero-order chi connectivity index (χ0) is 11.9. The fraction of sp³-hybridized carbons (Fsp3) is 0.667. The van der Waals surface area contributed by atoms with Crippen molar-refractivity contribution in [1.82, 2.24) is 10.5 Å². The summed E-state index contributed by atoms with van der Waals surface area (Å²) in [4.78, 5) is 0. The van der Waals surface area contributed by atoms with Crippen molar-refractivity contribution in [1.29, 1.82) is 5.26 Å². The first kappa shape index (κ1) is 12.7. The molecular formula is C12H19N3O. The van der Waals surface area contributed by atoms with E-state index in [1.165, 1.54) is 0 Å². The van der Waals surface area contributed by atoms with E-state index in [0.29, 0.717) is 0 Å². The molecule has 1 aromatic heterocycles. The predicted molar refractivity (Wildman–Crippen MR) is 61.5 cm³/mol. The van der Waals surface area contributed by atoms with Gasteiger partial charge in [0.1, 0.15) is 5.76 Å². The van der Waals surface area contributed by atoms with E-state index in [9.17, 15) is 0 Å². The Morgan fingerprint density at radius 1 is 1.50 bits per heavy atom. The van der Waals surface area contributed by atoms with E-state index < -0.39 is 0 Å². The number of nitriles is 1. The van der Waals surface area contributed by atoms with E-state index in [2.05, 4.69) is 16.5 Å². The van der Waals surface area contributed by atoms with Gasteiger partial charge in [-0.2, -0.15) is 5.26 Å². The van der Waals surface area contributed by atoms with E-state index in [1.54, 1.807) is 6.20 Å². The van der Waals surface area contributed by atoms with Gasteiger partial charge in [-0.3, -0.25) is 0 Å². The standard InChI is InChI=1S/C12H19N3O/c1-12(2,10-13)6-3-4-7-14-9-11-5-8-15-16-11/h5,8,14H,3-4,6-7,9H2,1-2H3. The summed E-state index contributed by atoms with van der Waals surface area (Å²) >= 11 is 0. The van der Waals surface area contributed by atoms with Gasteiger partial charge in [0, 0.05) is 6.07 Å². The van der Waals surface area contributed by atoms with E-state index in [1.807, 2.05) is 19.9 Å². The lowest BCUT2D eigenvalue weighted by molar-refractivity contribution is 0.370. The summed E-state index contributed by atoms with van der Waals surface area (Å²) in [5, 5.41) is 15.7. The SMILES string of the molecule is CC(C)(C#N)CCCCNCc1ccno1. The Morgan fingerprint density at radius 3 is 2.94 bits per heavy atom. The summed E-state index contributed by atoms with van der Waals surface area (Å²) in [6, 6.07) is 4.16. The number of aromatic nitrogens is 1.